The number of ether oxygens (including phenoxy) is 1. The molecule has 0 bridgehead atoms. The van der Waals surface area contributed by atoms with Crippen molar-refractivity contribution in [2.24, 2.45) is 0 Å². The lowest BCUT2D eigenvalue weighted by atomic mass is 10.2. The van der Waals surface area contributed by atoms with Crippen molar-refractivity contribution in [1.29, 1.82) is 0 Å². The van der Waals surface area contributed by atoms with Crippen molar-refractivity contribution in [3.63, 3.8) is 0 Å². The van der Waals surface area contributed by atoms with Crippen LogP contribution in [0, 0.1) is 6.92 Å². The van der Waals surface area contributed by atoms with Gasteiger partial charge in [0.25, 0.3) is 5.91 Å². The molecule has 1 aromatic carbocycles. The molecule has 2 aromatic rings. The molecule has 2 rings (SSSR count). The molecule has 0 unspecified atom stereocenters. The van der Waals surface area contributed by atoms with E-state index >= 15 is 0 Å². The maximum atomic E-state index is 12.0. The third-order valence-corrected chi connectivity index (χ3v) is 2.61. The summed E-state index contributed by atoms with van der Waals surface area (Å²) in [5.41, 5.74) is 7.62. The Morgan fingerprint density at radius 3 is 2.95 bits per heavy atom. The van der Waals surface area contributed by atoms with E-state index in [1.165, 1.54) is 0 Å². The molecule has 6 nitrogen and oxygen atoms in total. The molecule has 1 aromatic heterocycles. The number of hydrogen-bond donors (Lipinski definition) is 3. The summed E-state index contributed by atoms with van der Waals surface area (Å²) in [6.07, 6.45) is 0. The van der Waals surface area contributed by atoms with Gasteiger partial charge in [0.2, 0.25) is 0 Å². The van der Waals surface area contributed by atoms with Crippen LogP contribution in [0.5, 0.6) is 5.75 Å². The summed E-state index contributed by atoms with van der Waals surface area (Å²) in [5.74, 6) is 0.349. The molecule has 0 saturated heterocycles. The van der Waals surface area contributed by atoms with Gasteiger partial charge in [-0.1, -0.05) is 6.07 Å². The maximum absolute atomic E-state index is 12.0. The number of nitrogen functional groups attached to an aromatic ring is 1. The minimum atomic E-state index is -0.351. The number of aromatic nitrogens is 2. The van der Waals surface area contributed by atoms with Gasteiger partial charge in [-0.25, -0.2) is 0 Å². The number of nitrogens with two attached hydrogens (primary N) is 1. The molecule has 100 valence electrons. The average molecular weight is 260 g/mol. The second-order valence-corrected chi connectivity index (χ2v) is 4.03. The quantitative estimate of drug-likeness (QED) is 0.783. The van der Waals surface area contributed by atoms with Crippen LogP contribution in [0.1, 0.15) is 23.1 Å². The van der Waals surface area contributed by atoms with Crippen molar-refractivity contribution >= 4 is 17.3 Å². The first-order valence-corrected chi connectivity index (χ1v) is 5.96. The number of hydrogen-bond acceptors (Lipinski definition) is 4. The Hall–Kier alpha value is -2.50. The molecule has 0 radical (unpaired) electrons. The normalized spacial score (nSPS) is 10.2. The van der Waals surface area contributed by atoms with Crippen LogP contribution in [-0.2, 0) is 0 Å². The lowest BCUT2D eigenvalue weighted by Gasteiger charge is -2.07. The van der Waals surface area contributed by atoms with Crippen LogP contribution in [0.2, 0.25) is 0 Å². The molecule has 19 heavy (non-hydrogen) atoms. The van der Waals surface area contributed by atoms with Crippen LogP contribution >= 0.6 is 0 Å². The summed E-state index contributed by atoms with van der Waals surface area (Å²) >= 11 is 0. The standard InChI is InChI=1S/C13H16N4O2/c1-3-19-10-6-4-5-9(7-10)15-13(18)12-11(14)8(2)16-17-12/h4-7H,3,14H2,1-2H3,(H,15,18)(H,16,17). The Morgan fingerprint density at radius 1 is 1.53 bits per heavy atom. The molecule has 0 aliphatic rings. The van der Waals surface area contributed by atoms with Gasteiger partial charge in [0.1, 0.15) is 5.75 Å². The Bertz CT molecular complexity index is 592. The first kappa shape index (κ1) is 12.9. The zero-order valence-corrected chi connectivity index (χ0v) is 10.9. The number of amides is 1. The van der Waals surface area contributed by atoms with Crippen LogP contribution < -0.4 is 15.8 Å². The van der Waals surface area contributed by atoms with E-state index < -0.39 is 0 Å². The van der Waals surface area contributed by atoms with Crippen molar-refractivity contribution < 1.29 is 9.53 Å². The van der Waals surface area contributed by atoms with Crippen LogP contribution in [0.25, 0.3) is 0 Å². The fraction of sp³-hybridized carbons (Fsp3) is 0.231. The van der Waals surface area contributed by atoms with Crippen LogP contribution in [0.4, 0.5) is 11.4 Å². The Labute approximate surface area is 111 Å². The number of nitrogens with zero attached hydrogens (tertiary/aromatic N) is 1. The van der Waals surface area contributed by atoms with Crippen LogP contribution in [0.15, 0.2) is 24.3 Å². The molecule has 0 saturated carbocycles. The molecule has 6 heteroatoms. The van der Waals surface area contributed by atoms with Crippen molar-refractivity contribution in [1.82, 2.24) is 10.2 Å². The predicted molar refractivity (Wildman–Crippen MR) is 73.3 cm³/mol. The number of aromatic amines is 1. The molecule has 0 fully saturated rings. The molecular formula is C13H16N4O2. The number of aryl methyl sites for hydroxylation is 1. The van der Waals surface area contributed by atoms with E-state index in [0.29, 0.717) is 29.4 Å². The minimum absolute atomic E-state index is 0.194. The van der Waals surface area contributed by atoms with Gasteiger partial charge in [0.15, 0.2) is 5.69 Å². The van der Waals surface area contributed by atoms with Crippen LogP contribution in [0.3, 0.4) is 0 Å². The highest BCUT2D eigenvalue weighted by Gasteiger charge is 2.15. The van der Waals surface area contributed by atoms with E-state index in [-0.39, 0.29) is 11.6 Å². The van der Waals surface area contributed by atoms with Gasteiger partial charge in [-0.05, 0) is 26.0 Å². The topological polar surface area (TPSA) is 93.0 Å². The van der Waals surface area contributed by atoms with Gasteiger partial charge in [-0.3, -0.25) is 9.89 Å². The van der Waals surface area contributed by atoms with Gasteiger partial charge in [0, 0.05) is 11.8 Å². The molecule has 4 N–H and O–H groups in total. The van der Waals surface area contributed by atoms with E-state index in [1.807, 2.05) is 13.0 Å². The van der Waals surface area contributed by atoms with Crippen LogP contribution in [-0.4, -0.2) is 22.7 Å². The number of nitrogens with one attached hydrogen (secondary N) is 2. The number of carbonyl (C=O) groups excluding carboxylic acids is 1. The third-order valence-electron chi connectivity index (χ3n) is 2.61. The third kappa shape index (κ3) is 2.85. The second kappa shape index (κ2) is 5.43. The number of H-pyrrole nitrogens is 1. The zero-order valence-electron chi connectivity index (χ0n) is 10.9. The van der Waals surface area contributed by atoms with Gasteiger partial charge in [-0.15, -0.1) is 0 Å². The molecule has 0 aliphatic heterocycles. The monoisotopic (exact) mass is 260 g/mol. The zero-order chi connectivity index (χ0) is 13.8. The molecular weight excluding hydrogens is 244 g/mol. The highest BCUT2D eigenvalue weighted by molar-refractivity contribution is 6.06. The Morgan fingerprint density at radius 2 is 2.32 bits per heavy atom. The maximum Gasteiger partial charge on any atom is 0.278 e. The van der Waals surface area contributed by atoms with E-state index in [1.54, 1.807) is 25.1 Å². The van der Waals surface area contributed by atoms with Gasteiger partial charge in [0.05, 0.1) is 18.0 Å². The minimum Gasteiger partial charge on any atom is -0.494 e. The van der Waals surface area contributed by atoms with E-state index in [2.05, 4.69) is 15.5 Å². The number of rotatable bonds is 4. The predicted octanol–water partition coefficient (Wildman–Crippen LogP) is 1.95. The lowest BCUT2D eigenvalue weighted by Crippen LogP contribution is -2.14. The summed E-state index contributed by atoms with van der Waals surface area (Å²) in [5, 5.41) is 9.28. The molecule has 0 aliphatic carbocycles. The second-order valence-electron chi connectivity index (χ2n) is 4.03. The summed E-state index contributed by atoms with van der Waals surface area (Å²) in [7, 11) is 0. The highest BCUT2D eigenvalue weighted by Crippen LogP contribution is 2.19. The van der Waals surface area contributed by atoms with E-state index in [0.717, 1.165) is 0 Å². The van der Waals surface area contributed by atoms with Gasteiger partial charge in [-0.2, -0.15) is 5.10 Å². The summed E-state index contributed by atoms with van der Waals surface area (Å²) in [4.78, 5) is 12.0. The SMILES string of the molecule is CCOc1cccc(NC(=O)c2n[nH]c(C)c2N)c1. The van der Waals surface area contributed by atoms with Crippen molar-refractivity contribution in [3.05, 3.63) is 35.7 Å². The lowest BCUT2D eigenvalue weighted by molar-refractivity contribution is 0.102. The van der Waals surface area contributed by atoms with Gasteiger partial charge >= 0.3 is 0 Å². The first-order chi connectivity index (χ1) is 9.11. The molecule has 0 spiro atoms. The molecule has 1 heterocycles. The van der Waals surface area contributed by atoms with Gasteiger partial charge < -0.3 is 15.8 Å². The van der Waals surface area contributed by atoms with E-state index in [9.17, 15) is 4.79 Å². The Balaban J connectivity index is 2.15. The number of carbonyl (C=O) groups is 1. The van der Waals surface area contributed by atoms with E-state index in [4.69, 9.17) is 10.5 Å². The summed E-state index contributed by atoms with van der Waals surface area (Å²) in [6.45, 7) is 4.23. The summed E-state index contributed by atoms with van der Waals surface area (Å²) in [6, 6.07) is 7.15. The largest absolute Gasteiger partial charge is 0.494 e. The average Bonchev–Trinajstić information content (AvgIpc) is 2.71. The first-order valence-electron chi connectivity index (χ1n) is 5.96. The Kier molecular flexibility index (Phi) is 3.70. The number of benzene rings is 1. The van der Waals surface area contributed by atoms with Crippen molar-refractivity contribution in [2.75, 3.05) is 17.7 Å². The van der Waals surface area contributed by atoms with Crippen molar-refractivity contribution in [3.8, 4) is 5.75 Å². The van der Waals surface area contributed by atoms with Crippen molar-refractivity contribution in [2.45, 2.75) is 13.8 Å². The summed E-state index contributed by atoms with van der Waals surface area (Å²) < 4.78 is 5.36. The molecule has 1 amide bonds. The molecule has 0 atom stereocenters. The smallest absolute Gasteiger partial charge is 0.278 e. The highest BCUT2D eigenvalue weighted by atomic mass is 16.5. The fourth-order valence-electron chi connectivity index (χ4n) is 1.63. The fourth-order valence-corrected chi connectivity index (χ4v) is 1.63. The number of anilines is 2.